The average molecular weight is 281 g/mol. The van der Waals surface area contributed by atoms with E-state index in [9.17, 15) is 0 Å². The average Bonchev–Trinajstić information content (AvgIpc) is 2.38. The highest BCUT2D eigenvalue weighted by atomic mass is 35.5. The second-order valence-corrected chi connectivity index (χ2v) is 4.33. The smallest absolute Gasteiger partial charge is 0.328 e. The molecule has 1 aromatic carbocycles. The summed E-state index contributed by atoms with van der Waals surface area (Å²) in [6.45, 7) is -0.0574. The number of anilines is 1. The predicted octanol–water partition coefficient (Wildman–Crippen LogP) is 1.88. The molecule has 1 aromatic heterocycles. The molecule has 0 atom stereocenters. The summed E-state index contributed by atoms with van der Waals surface area (Å²) in [7, 11) is 3.59. The van der Waals surface area contributed by atoms with Gasteiger partial charge in [-0.05, 0) is 29.3 Å². The fourth-order valence-electron chi connectivity index (χ4n) is 1.38. The maximum atomic E-state index is 9.06. The lowest BCUT2D eigenvalue weighted by Crippen LogP contribution is -2.13. The van der Waals surface area contributed by atoms with Crippen molar-refractivity contribution in [1.82, 2.24) is 15.0 Å². The Morgan fingerprint density at radius 1 is 1.26 bits per heavy atom. The van der Waals surface area contributed by atoms with E-state index >= 15 is 0 Å². The van der Waals surface area contributed by atoms with Gasteiger partial charge in [-0.25, -0.2) is 0 Å². The fraction of sp³-hybridized carbons (Fsp3) is 0.250. The predicted molar refractivity (Wildman–Crippen MR) is 71.6 cm³/mol. The van der Waals surface area contributed by atoms with Crippen LogP contribution in [-0.4, -0.2) is 34.2 Å². The molecule has 0 aliphatic carbocycles. The summed E-state index contributed by atoms with van der Waals surface area (Å²) in [4.78, 5) is 13.7. The Hall–Kier alpha value is -1.92. The summed E-state index contributed by atoms with van der Waals surface area (Å²) in [5.41, 5.74) is 0.741. The van der Waals surface area contributed by atoms with Gasteiger partial charge < -0.3 is 14.7 Å². The number of aliphatic hydroxyl groups is 1. The van der Waals surface area contributed by atoms with Crippen LogP contribution in [0.3, 0.4) is 0 Å². The molecule has 0 fully saturated rings. The highest BCUT2D eigenvalue weighted by Crippen LogP contribution is 2.21. The molecule has 2 aromatic rings. The van der Waals surface area contributed by atoms with Crippen molar-refractivity contribution < 1.29 is 9.84 Å². The van der Waals surface area contributed by atoms with Crippen molar-refractivity contribution in [3.8, 4) is 11.8 Å². The zero-order valence-electron chi connectivity index (χ0n) is 10.5. The van der Waals surface area contributed by atoms with Gasteiger partial charge in [-0.2, -0.15) is 15.0 Å². The van der Waals surface area contributed by atoms with Gasteiger partial charge >= 0.3 is 6.01 Å². The first kappa shape index (κ1) is 13.5. The van der Waals surface area contributed by atoms with Crippen LogP contribution in [0.1, 0.15) is 5.56 Å². The van der Waals surface area contributed by atoms with Gasteiger partial charge in [0.2, 0.25) is 11.2 Å². The summed E-state index contributed by atoms with van der Waals surface area (Å²) in [6, 6.07) is 7.12. The molecule has 1 heterocycles. The topological polar surface area (TPSA) is 71.4 Å². The molecule has 7 heteroatoms. The van der Waals surface area contributed by atoms with Crippen LogP contribution in [0.5, 0.6) is 11.8 Å². The fourth-order valence-corrected chi connectivity index (χ4v) is 1.53. The molecule has 0 saturated heterocycles. The van der Waals surface area contributed by atoms with Crippen molar-refractivity contribution in [2.45, 2.75) is 6.61 Å². The lowest BCUT2D eigenvalue weighted by molar-refractivity contribution is 0.281. The van der Waals surface area contributed by atoms with E-state index in [-0.39, 0.29) is 17.9 Å². The quantitative estimate of drug-likeness (QED) is 0.922. The summed E-state index contributed by atoms with van der Waals surface area (Å²) < 4.78 is 5.51. The molecular formula is C12H13ClN4O2. The normalized spacial score (nSPS) is 10.3. The van der Waals surface area contributed by atoms with Gasteiger partial charge in [-0.1, -0.05) is 12.1 Å². The van der Waals surface area contributed by atoms with Gasteiger partial charge in [-0.15, -0.1) is 0 Å². The van der Waals surface area contributed by atoms with E-state index in [0.29, 0.717) is 11.7 Å². The van der Waals surface area contributed by atoms with Crippen molar-refractivity contribution >= 4 is 17.5 Å². The third kappa shape index (κ3) is 3.52. The molecular weight excluding hydrogens is 268 g/mol. The van der Waals surface area contributed by atoms with Gasteiger partial charge in [0.25, 0.3) is 0 Å². The Morgan fingerprint density at radius 2 is 2.05 bits per heavy atom. The van der Waals surface area contributed by atoms with E-state index in [1.165, 1.54) is 0 Å². The molecule has 0 aliphatic rings. The van der Waals surface area contributed by atoms with Crippen LogP contribution >= 0.6 is 11.6 Å². The Kier molecular flexibility index (Phi) is 4.13. The Morgan fingerprint density at radius 3 is 2.74 bits per heavy atom. The number of rotatable bonds is 4. The first-order chi connectivity index (χ1) is 9.08. The van der Waals surface area contributed by atoms with Crippen LogP contribution in [0.4, 0.5) is 5.95 Å². The molecule has 0 spiro atoms. The molecule has 0 amide bonds. The summed E-state index contributed by atoms with van der Waals surface area (Å²) >= 11 is 5.81. The number of aliphatic hydroxyl groups excluding tert-OH is 1. The third-order valence-electron chi connectivity index (χ3n) is 2.27. The monoisotopic (exact) mass is 280 g/mol. The maximum Gasteiger partial charge on any atom is 0.328 e. The van der Waals surface area contributed by atoms with E-state index in [0.717, 1.165) is 5.56 Å². The summed E-state index contributed by atoms with van der Waals surface area (Å²) in [5, 5.41) is 9.13. The van der Waals surface area contributed by atoms with Crippen molar-refractivity contribution in [2.75, 3.05) is 19.0 Å². The molecule has 0 unspecified atom stereocenters. The first-order valence-electron chi connectivity index (χ1n) is 5.55. The second-order valence-electron chi connectivity index (χ2n) is 3.99. The number of hydrogen-bond acceptors (Lipinski definition) is 6. The number of halogens is 1. The second kappa shape index (κ2) is 5.81. The number of nitrogens with zero attached hydrogens (tertiary/aromatic N) is 4. The molecule has 1 N–H and O–H groups in total. The zero-order chi connectivity index (χ0) is 13.8. The molecule has 0 radical (unpaired) electrons. The van der Waals surface area contributed by atoms with Crippen LogP contribution in [0.15, 0.2) is 24.3 Å². The summed E-state index contributed by atoms with van der Waals surface area (Å²) in [6.07, 6.45) is 0. The Bertz CT molecular complexity index is 577. The van der Waals surface area contributed by atoms with Crippen molar-refractivity contribution in [1.29, 1.82) is 0 Å². The molecule has 2 rings (SSSR count). The number of benzene rings is 1. The van der Waals surface area contributed by atoms with Crippen molar-refractivity contribution in [3.63, 3.8) is 0 Å². The highest BCUT2D eigenvalue weighted by Gasteiger charge is 2.08. The molecule has 6 nitrogen and oxygen atoms in total. The lowest BCUT2D eigenvalue weighted by Gasteiger charge is -2.11. The van der Waals surface area contributed by atoms with E-state index < -0.39 is 0 Å². The van der Waals surface area contributed by atoms with E-state index in [1.54, 1.807) is 43.3 Å². The minimum absolute atomic E-state index is 0.0574. The maximum absolute atomic E-state index is 9.06. The van der Waals surface area contributed by atoms with Crippen LogP contribution in [0, 0.1) is 0 Å². The van der Waals surface area contributed by atoms with Gasteiger partial charge in [-0.3, -0.25) is 0 Å². The van der Waals surface area contributed by atoms with Crippen LogP contribution < -0.4 is 9.64 Å². The van der Waals surface area contributed by atoms with E-state index in [2.05, 4.69) is 15.0 Å². The van der Waals surface area contributed by atoms with Gasteiger partial charge in [0.1, 0.15) is 5.75 Å². The lowest BCUT2D eigenvalue weighted by atomic mass is 10.2. The third-order valence-corrected chi connectivity index (χ3v) is 2.43. The first-order valence-corrected chi connectivity index (χ1v) is 5.93. The molecule has 0 bridgehead atoms. The van der Waals surface area contributed by atoms with Gasteiger partial charge in [0, 0.05) is 14.1 Å². The largest absolute Gasteiger partial charge is 0.424 e. The van der Waals surface area contributed by atoms with Gasteiger partial charge in [0.15, 0.2) is 0 Å². The molecule has 19 heavy (non-hydrogen) atoms. The summed E-state index contributed by atoms with van der Waals surface area (Å²) in [5.74, 6) is 0.937. The SMILES string of the molecule is CN(C)c1nc(Cl)nc(Oc2cccc(CO)c2)n1. The van der Waals surface area contributed by atoms with E-state index in [1.807, 2.05) is 0 Å². The van der Waals surface area contributed by atoms with Crippen molar-refractivity contribution in [3.05, 3.63) is 35.1 Å². The Balaban J connectivity index is 2.27. The number of hydrogen-bond donors (Lipinski definition) is 1. The van der Waals surface area contributed by atoms with Gasteiger partial charge in [0.05, 0.1) is 6.61 Å². The number of ether oxygens (including phenoxy) is 1. The molecule has 100 valence electrons. The minimum Gasteiger partial charge on any atom is -0.424 e. The molecule has 0 saturated carbocycles. The van der Waals surface area contributed by atoms with E-state index in [4.69, 9.17) is 21.4 Å². The van der Waals surface area contributed by atoms with Crippen LogP contribution in [0.2, 0.25) is 5.28 Å². The number of aromatic nitrogens is 3. The molecule has 0 aliphatic heterocycles. The van der Waals surface area contributed by atoms with Crippen molar-refractivity contribution in [2.24, 2.45) is 0 Å². The standard InChI is InChI=1S/C12H13ClN4O2/c1-17(2)11-14-10(13)15-12(16-11)19-9-5-3-4-8(6-9)7-18/h3-6,18H,7H2,1-2H3. The van der Waals surface area contributed by atoms with Crippen LogP contribution in [0.25, 0.3) is 0 Å². The zero-order valence-corrected chi connectivity index (χ0v) is 11.3. The minimum atomic E-state index is -0.0574. The van der Waals surface area contributed by atoms with Crippen LogP contribution in [-0.2, 0) is 6.61 Å². The Labute approximate surface area is 115 Å². The highest BCUT2D eigenvalue weighted by molar-refractivity contribution is 6.28.